The number of aromatic nitrogens is 2. The molecule has 0 spiro atoms. The van der Waals surface area contributed by atoms with Gasteiger partial charge in [0.15, 0.2) is 0 Å². The predicted molar refractivity (Wildman–Crippen MR) is 98.5 cm³/mol. The van der Waals surface area contributed by atoms with E-state index in [9.17, 15) is 4.79 Å². The van der Waals surface area contributed by atoms with E-state index in [2.05, 4.69) is 46.2 Å². The molecule has 3 atom stereocenters. The van der Waals surface area contributed by atoms with Gasteiger partial charge in [0.2, 0.25) is 0 Å². The number of allylic oxidation sites excluding steroid dienone is 6. The molecule has 0 saturated heterocycles. The number of H-pyrrole nitrogens is 1. The summed E-state index contributed by atoms with van der Waals surface area (Å²) in [7, 11) is 0. The van der Waals surface area contributed by atoms with E-state index in [0.717, 1.165) is 31.2 Å². The molecule has 0 fully saturated rings. The molecule has 3 heteroatoms. The molecule has 3 unspecified atom stereocenters. The Morgan fingerprint density at radius 3 is 2.04 bits per heavy atom. The van der Waals surface area contributed by atoms with Crippen molar-refractivity contribution in [2.45, 2.75) is 75.7 Å². The van der Waals surface area contributed by atoms with Crippen molar-refractivity contribution in [3.63, 3.8) is 0 Å². The van der Waals surface area contributed by atoms with E-state index in [1.54, 1.807) is 0 Å². The van der Waals surface area contributed by atoms with Gasteiger partial charge in [0, 0.05) is 17.4 Å². The van der Waals surface area contributed by atoms with Gasteiger partial charge in [-0.3, -0.25) is 14.6 Å². The highest BCUT2D eigenvalue weighted by atomic mass is 16.1. The monoisotopic (exact) mass is 324 g/mol. The van der Waals surface area contributed by atoms with Crippen LogP contribution in [0.1, 0.15) is 86.9 Å². The average molecular weight is 324 g/mol. The molecule has 128 valence electrons. The molecule has 0 amide bonds. The Labute approximate surface area is 144 Å². The van der Waals surface area contributed by atoms with Gasteiger partial charge in [-0.05, 0) is 57.8 Å². The first-order chi connectivity index (χ1) is 11.8. The van der Waals surface area contributed by atoms with Crippen molar-refractivity contribution in [2.24, 2.45) is 0 Å². The minimum absolute atomic E-state index is 0.138. The standard InChI is InChI=1S/C21H28N2O/c24-21-19(16-10-4-1-5-11-16)20(17-12-6-2-7-13-17)23(22-21)18-14-8-3-9-15-18/h4,6,8,10,12,14,16-18H,1-3,5,7,9,11,13,15H2,(H,22,24). The number of aromatic amines is 1. The van der Waals surface area contributed by atoms with Crippen LogP contribution in [0.4, 0.5) is 0 Å². The molecule has 0 bridgehead atoms. The summed E-state index contributed by atoms with van der Waals surface area (Å²) in [6, 6.07) is 0.318. The van der Waals surface area contributed by atoms with Crippen LogP contribution in [0.15, 0.2) is 41.3 Å². The summed E-state index contributed by atoms with van der Waals surface area (Å²) in [5, 5.41) is 3.22. The highest BCUT2D eigenvalue weighted by Crippen LogP contribution is 2.37. The summed E-state index contributed by atoms with van der Waals surface area (Å²) in [5.74, 6) is 0.681. The van der Waals surface area contributed by atoms with Crippen molar-refractivity contribution in [1.29, 1.82) is 0 Å². The molecule has 3 nitrogen and oxygen atoms in total. The van der Waals surface area contributed by atoms with E-state index in [4.69, 9.17) is 0 Å². The summed E-state index contributed by atoms with van der Waals surface area (Å²) in [5.41, 5.74) is 2.45. The lowest BCUT2D eigenvalue weighted by atomic mass is 9.83. The lowest BCUT2D eigenvalue weighted by molar-refractivity contribution is 0.442. The van der Waals surface area contributed by atoms with E-state index < -0.39 is 0 Å². The van der Waals surface area contributed by atoms with Crippen LogP contribution in [0.25, 0.3) is 0 Å². The first kappa shape index (κ1) is 15.7. The number of hydrogen-bond acceptors (Lipinski definition) is 1. The normalized spacial score (nSPS) is 29.9. The third kappa shape index (κ3) is 2.97. The van der Waals surface area contributed by atoms with Crippen molar-refractivity contribution in [3.8, 4) is 0 Å². The lowest BCUT2D eigenvalue weighted by Crippen LogP contribution is -2.18. The second kappa shape index (κ2) is 7.00. The fourth-order valence-corrected chi connectivity index (χ4v) is 4.58. The maximum Gasteiger partial charge on any atom is 0.268 e. The van der Waals surface area contributed by atoms with Crippen LogP contribution in [-0.2, 0) is 0 Å². The lowest BCUT2D eigenvalue weighted by Gasteiger charge is -2.27. The topological polar surface area (TPSA) is 37.8 Å². The Kier molecular flexibility index (Phi) is 4.59. The van der Waals surface area contributed by atoms with Crippen molar-refractivity contribution in [1.82, 2.24) is 9.78 Å². The Bertz CT molecular complexity index is 719. The van der Waals surface area contributed by atoms with Crippen LogP contribution in [-0.4, -0.2) is 9.78 Å². The smallest absolute Gasteiger partial charge is 0.268 e. The Balaban J connectivity index is 1.82. The zero-order valence-corrected chi connectivity index (χ0v) is 14.4. The summed E-state index contributed by atoms with van der Waals surface area (Å²) in [6.45, 7) is 0. The van der Waals surface area contributed by atoms with Crippen molar-refractivity contribution >= 4 is 0 Å². The fourth-order valence-electron chi connectivity index (χ4n) is 4.58. The number of rotatable bonds is 3. The van der Waals surface area contributed by atoms with Crippen molar-refractivity contribution in [3.05, 3.63) is 58.1 Å². The summed E-state index contributed by atoms with van der Waals surface area (Å²) in [4.78, 5) is 12.9. The van der Waals surface area contributed by atoms with E-state index in [0.29, 0.717) is 17.9 Å². The van der Waals surface area contributed by atoms with E-state index in [-0.39, 0.29) is 5.56 Å². The molecule has 3 aliphatic rings. The molecular formula is C21H28N2O. The third-order valence-electron chi connectivity index (χ3n) is 5.79. The second-order valence-corrected chi connectivity index (χ2v) is 7.47. The Morgan fingerprint density at radius 1 is 0.833 bits per heavy atom. The zero-order chi connectivity index (χ0) is 16.4. The van der Waals surface area contributed by atoms with Gasteiger partial charge in [0.25, 0.3) is 5.56 Å². The average Bonchev–Trinajstić information content (AvgIpc) is 3.01. The van der Waals surface area contributed by atoms with Gasteiger partial charge in [0.1, 0.15) is 0 Å². The molecule has 1 heterocycles. The number of hydrogen-bond donors (Lipinski definition) is 1. The number of nitrogens with one attached hydrogen (secondary N) is 1. The maximum absolute atomic E-state index is 12.9. The SMILES string of the molecule is O=c1[nH]n(C2C=CCCC2)c(C2C=CCCC2)c1C1C=CCCC1. The quantitative estimate of drug-likeness (QED) is 0.771. The molecule has 1 aromatic heterocycles. The highest BCUT2D eigenvalue weighted by molar-refractivity contribution is 5.34. The first-order valence-electron chi connectivity index (χ1n) is 9.69. The van der Waals surface area contributed by atoms with Gasteiger partial charge in [0.05, 0.1) is 11.7 Å². The van der Waals surface area contributed by atoms with Gasteiger partial charge in [-0.25, -0.2) is 0 Å². The van der Waals surface area contributed by atoms with E-state index >= 15 is 0 Å². The maximum atomic E-state index is 12.9. The molecule has 0 aliphatic heterocycles. The van der Waals surface area contributed by atoms with Crippen LogP contribution >= 0.6 is 0 Å². The van der Waals surface area contributed by atoms with E-state index in [1.165, 1.54) is 37.8 Å². The van der Waals surface area contributed by atoms with E-state index in [1.807, 2.05) is 0 Å². The molecule has 1 N–H and O–H groups in total. The fraction of sp³-hybridized carbons (Fsp3) is 0.571. The minimum atomic E-state index is 0.138. The summed E-state index contributed by atoms with van der Waals surface area (Å²) >= 11 is 0. The van der Waals surface area contributed by atoms with Crippen LogP contribution in [0.2, 0.25) is 0 Å². The van der Waals surface area contributed by atoms with Crippen LogP contribution < -0.4 is 5.56 Å². The minimum Gasteiger partial charge on any atom is -0.281 e. The van der Waals surface area contributed by atoms with Gasteiger partial charge in [-0.15, -0.1) is 0 Å². The zero-order valence-electron chi connectivity index (χ0n) is 14.4. The number of nitrogens with zero attached hydrogens (tertiary/aromatic N) is 1. The van der Waals surface area contributed by atoms with Gasteiger partial charge in [-0.2, -0.15) is 0 Å². The van der Waals surface area contributed by atoms with Crippen molar-refractivity contribution in [2.75, 3.05) is 0 Å². The summed E-state index contributed by atoms with van der Waals surface area (Å²) < 4.78 is 2.22. The van der Waals surface area contributed by atoms with Gasteiger partial charge >= 0.3 is 0 Å². The molecule has 1 aromatic rings. The predicted octanol–water partition coefficient (Wildman–Crippen LogP) is 5.11. The molecule has 0 aromatic carbocycles. The van der Waals surface area contributed by atoms with Crippen LogP contribution in [0.3, 0.4) is 0 Å². The Morgan fingerprint density at radius 2 is 1.46 bits per heavy atom. The molecule has 4 rings (SSSR count). The largest absolute Gasteiger partial charge is 0.281 e. The molecule has 24 heavy (non-hydrogen) atoms. The van der Waals surface area contributed by atoms with Gasteiger partial charge in [-0.1, -0.05) is 36.5 Å². The molecular weight excluding hydrogens is 296 g/mol. The molecule has 0 radical (unpaired) electrons. The third-order valence-corrected chi connectivity index (χ3v) is 5.79. The van der Waals surface area contributed by atoms with Crippen molar-refractivity contribution < 1.29 is 0 Å². The van der Waals surface area contributed by atoms with Crippen LogP contribution in [0.5, 0.6) is 0 Å². The molecule has 3 aliphatic carbocycles. The van der Waals surface area contributed by atoms with Gasteiger partial charge < -0.3 is 0 Å². The summed E-state index contributed by atoms with van der Waals surface area (Å²) in [6.07, 6.45) is 24.2. The molecule has 0 saturated carbocycles. The Hall–Kier alpha value is -1.77. The first-order valence-corrected chi connectivity index (χ1v) is 9.69. The second-order valence-electron chi connectivity index (χ2n) is 7.47. The highest BCUT2D eigenvalue weighted by Gasteiger charge is 2.29. The van der Waals surface area contributed by atoms with Crippen LogP contribution in [0, 0.1) is 0 Å².